The maximum Gasteiger partial charge on any atom is 0.157 e. The number of quaternary nitrogens is 1. The molecule has 11 aromatic rings. The number of hydrogen-bond donors (Lipinski definition) is 1. The molecule has 9 aromatic carbocycles. The van der Waals surface area contributed by atoms with Crippen LogP contribution in [0.4, 0.5) is 51.2 Å². The second-order valence-electron chi connectivity index (χ2n) is 16.9. The van der Waals surface area contributed by atoms with Crippen LogP contribution in [-0.2, 0) is 12.8 Å². The Balaban J connectivity index is 1.00. The Morgan fingerprint density at radius 3 is 1.50 bits per heavy atom. The topological polar surface area (TPSA) is 15.3 Å². The zero-order chi connectivity index (χ0) is 41.1. The van der Waals surface area contributed by atoms with Crippen LogP contribution in [0.15, 0.2) is 194 Å². The van der Waals surface area contributed by atoms with Crippen molar-refractivity contribution < 1.29 is 4.90 Å². The molecule has 0 spiro atoms. The van der Waals surface area contributed by atoms with Crippen molar-refractivity contribution in [3.05, 3.63) is 205 Å². The van der Waals surface area contributed by atoms with Gasteiger partial charge in [-0.15, -0.1) is 0 Å². The van der Waals surface area contributed by atoms with Crippen LogP contribution in [0.5, 0.6) is 0 Å². The first-order chi connectivity index (χ1) is 30.7. The molecule has 294 valence electrons. The minimum Gasteiger partial charge on any atom is -0.310 e. The highest BCUT2D eigenvalue weighted by molar-refractivity contribution is 6.24. The Hall–Kier alpha value is -7.66. The molecule has 2 aromatic heterocycles. The van der Waals surface area contributed by atoms with Crippen molar-refractivity contribution in [3.8, 4) is 22.3 Å². The Labute approximate surface area is 361 Å². The van der Waals surface area contributed by atoms with Crippen LogP contribution in [-0.4, -0.2) is 4.40 Å². The van der Waals surface area contributed by atoms with E-state index in [9.17, 15) is 0 Å². The largest absolute Gasteiger partial charge is 0.310 e. The Morgan fingerprint density at radius 1 is 0.371 bits per heavy atom. The van der Waals surface area contributed by atoms with E-state index in [-0.39, 0.29) is 0 Å². The molecule has 2 aliphatic rings. The summed E-state index contributed by atoms with van der Waals surface area (Å²) in [4.78, 5) is 6.14. The third-order valence-corrected chi connectivity index (χ3v) is 13.6. The minimum absolute atomic E-state index is 1.02. The van der Waals surface area contributed by atoms with E-state index in [2.05, 4.69) is 222 Å². The quantitative estimate of drug-likeness (QED) is 0.165. The average Bonchev–Trinajstić information content (AvgIpc) is 4.05. The number of para-hydroxylation sites is 4. The summed E-state index contributed by atoms with van der Waals surface area (Å²) in [6.45, 7) is 4.43. The van der Waals surface area contributed by atoms with Gasteiger partial charge in [0.2, 0.25) is 0 Å². The van der Waals surface area contributed by atoms with Gasteiger partial charge in [0.15, 0.2) is 11.4 Å². The molecule has 0 aliphatic carbocycles. The molecular weight excluding hydrogens is 753 g/mol. The van der Waals surface area contributed by atoms with E-state index >= 15 is 0 Å². The number of aromatic nitrogens is 1. The first-order valence-electron chi connectivity index (χ1n) is 22.0. The summed E-state index contributed by atoms with van der Waals surface area (Å²) in [7, 11) is 0. The van der Waals surface area contributed by atoms with E-state index in [0.717, 1.165) is 47.0 Å². The van der Waals surface area contributed by atoms with Crippen molar-refractivity contribution in [2.45, 2.75) is 26.7 Å². The zero-order valence-corrected chi connectivity index (χ0v) is 34.7. The zero-order valence-electron chi connectivity index (χ0n) is 34.7. The second kappa shape index (κ2) is 13.4. The van der Waals surface area contributed by atoms with E-state index in [1.807, 2.05) is 0 Å². The summed E-state index contributed by atoms with van der Waals surface area (Å²) in [5.74, 6) is 0. The second-order valence-corrected chi connectivity index (χ2v) is 16.9. The van der Waals surface area contributed by atoms with Crippen molar-refractivity contribution in [2.75, 3.05) is 9.80 Å². The molecule has 1 N–H and O–H groups in total. The Morgan fingerprint density at radius 2 is 0.871 bits per heavy atom. The van der Waals surface area contributed by atoms with Crippen LogP contribution >= 0.6 is 0 Å². The molecule has 4 heterocycles. The molecule has 4 heteroatoms. The number of benzene rings is 9. The fourth-order valence-corrected chi connectivity index (χ4v) is 10.7. The van der Waals surface area contributed by atoms with Gasteiger partial charge in [-0.3, -0.25) is 0 Å². The van der Waals surface area contributed by atoms with E-state index < -0.39 is 0 Å². The van der Waals surface area contributed by atoms with Crippen LogP contribution in [0.25, 0.3) is 60.3 Å². The van der Waals surface area contributed by atoms with E-state index in [4.69, 9.17) is 0 Å². The SMILES string of the molecule is CCc1ccc(N(c2ccccc2)c2ccc3c(c2)[NH+]2c4cc5c6cccc7c8ccc(N(c9ccccc9)c9ccc(CC)cc9)cc8n(c5cc4-c4cccc-3c42)c76)cc1. The fourth-order valence-electron chi connectivity index (χ4n) is 10.7. The molecule has 62 heavy (non-hydrogen) atoms. The number of hydrogen-bond acceptors (Lipinski definition) is 2. The minimum atomic E-state index is 1.02. The first-order valence-corrected chi connectivity index (χ1v) is 22.0. The predicted molar refractivity (Wildman–Crippen MR) is 260 cm³/mol. The summed E-state index contributed by atoms with van der Waals surface area (Å²) >= 11 is 0. The van der Waals surface area contributed by atoms with Crippen molar-refractivity contribution in [1.82, 2.24) is 4.40 Å². The number of aryl methyl sites for hydroxylation is 2. The van der Waals surface area contributed by atoms with Gasteiger partial charge < -0.3 is 14.2 Å². The molecule has 4 nitrogen and oxygen atoms in total. The molecule has 0 saturated carbocycles. The third-order valence-electron chi connectivity index (χ3n) is 13.6. The number of fused-ring (bicyclic) bond motifs is 12. The lowest BCUT2D eigenvalue weighted by atomic mass is 9.97. The first kappa shape index (κ1) is 35.1. The molecular formula is C58H43N4+. The highest BCUT2D eigenvalue weighted by Gasteiger charge is 2.43. The number of rotatable bonds is 8. The molecule has 13 rings (SSSR count). The fraction of sp³-hybridized carbons (Fsp3) is 0.0690. The monoisotopic (exact) mass is 795 g/mol. The molecule has 1 atom stereocenters. The van der Waals surface area contributed by atoms with Gasteiger partial charge in [-0.05, 0) is 115 Å². The highest BCUT2D eigenvalue weighted by atomic mass is 15.2. The third kappa shape index (κ3) is 4.99. The van der Waals surface area contributed by atoms with E-state index in [0.29, 0.717) is 0 Å². The summed E-state index contributed by atoms with van der Waals surface area (Å²) in [6.07, 6.45) is 2.03. The van der Waals surface area contributed by atoms with Gasteiger partial charge in [0.1, 0.15) is 5.69 Å². The standard InChI is InChI=1S/C58H42N4/c1-3-37-21-25-41(26-22-37)59(39-13-7-5-8-14-39)43-29-31-45-47-17-11-19-49-51-36-56-52(35-55(51)61(57(47)49)53(45)33-43)50-20-12-18-48-46-32-30-44(34-54(46)62(56)58(48)50)60(40-15-9-6-10-16-40)42-27-23-38(4-2)24-28-42/h5-36H,3-4H2,1-2H3/p+1. The van der Waals surface area contributed by atoms with Crippen LogP contribution in [0.3, 0.4) is 0 Å². The normalized spacial score (nSPS) is 13.6. The van der Waals surface area contributed by atoms with Gasteiger partial charge in [-0.1, -0.05) is 105 Å². The molecule has 0 fully saturated rings. The van der Waals surface area contributed by atoms with Gasteiger partial charge >= 0.3 is 0 Å². The van der Waals surface area contributed by atoms with Crippen molar-refractivity contribution in [2.24, 2.45) is 0 Å². The van der Waals surface area contributed by atoms with Gasteiger partial charge in [-0.25, -0.2) is 4.90 Å². The lowest BCUT2D eigenvalue weighted by Gasteiger charge is -2.26. The predicted octanol–water partition coefficient (Wildman–Crippen LogP) is 15.0. The molecule has 1 unspecified atom stereocenters. The molecule has 0 amide bonds. The van der Waals surface area contributed by atoms with Crippen LogP contribution in [0.1, 0.15) is 25.0 Å². The van der Waals surface area contributed by atoms with Crippen molar-refractivity contribution >= 4 is 89.3 Å². The van der Waals surface area contributed by atoms with Crippen LogP contribution < -0.4 is 14.7 Å². The number of nitrogens with one attached hydrogen (secondary N) is 1. The van der Waals surface area contributed by atoms with E-state index in [1.54, 1.807) is 0 Å². The summed E-state index contributed by atoms with van der Waals surface area (Å²) < 4.78 is 2.54. The molecule has 0 bridgehead atoms. The molecule has 2 aliphatic heterocycles. The van der Waals surface area contributed by atoms with Gasteiger partial charge in [0, 0.05) is 67.7 Å². The summed E-state index contributed by atoms with van der Waals surface area (Å²) in [6, 6.07) is 72.5. The average molecular weight is 796 g/mol. The maximum absolute atomic E-state index is 2.54. The van der Waals surface area contributed by atoms with Crippen LogP contribution in [0.2, 0.25) is 0 Å². The van der Waals surface area contributed by atoms with E-state index in [1.165, 1.54) is 93.4 Å². The highest BCUT2D eigenvalue weighted by Crippen LogP contribution is 2.53. The summed E-state index contributed by atoms with van der Waals surface area (Å²) in [5, 5.41) is 5.15. The lowest BCUT2D eigenvalue weighted by molar-refractivity contribution is -0.672. The van der Waals surface area contributed by atoms with Gasteiger partial charge in [-0.2, -0.15) is 0 Å². The number of anilines is 6. The molecule has 0 radical (unpaired) electrons. The smallest absolute Gasteiger partial charge is 0.157 e. The van der Waals surface area contributed by atoms with Gasteiger partial charge in [0.05, 0.1) is 38.9 Å². The lowest BCUT2D eigenvalue weighted by Crippen LogP contribution is -2.94. The molecule has 0 saturated heterocycles. The Bertz CT molecular complexity index is 3530. The van der Waals surface area contributed by atoms with Crippen molar-refractivity contribution in [3.63, 3.8) is 0 Å². The van der Waals surface area contributed by atoms with Gasteiger partial charge in [0.25, 0.3) is 0 Å². The van der Waals surface area contributed by atoms with Crippen LogP contribution in [0, 0.1) is 0 Å². The van der Waals surface area contributed by atoms with Crippen molar-refractivity contribution in [1.29, 1.82) is 0 Å². The summed E-state index contributed by atoms with van der Waals surface area (Å²) in [5.41, 5.74) is 22.6. The Kier molecular flexibility index (Phi) is 7.61. The maximum atomic E-state index is 2.54. The number of nitrogens with zero attached hydrogens (tertiary/aromatic N) is 3.